The lowest BCUT2D eigenvalue weighted by molar-refractivity contribution is -0.117. The molecule has 1 heterocycles. The summed E-state index contributed by atoms with van der Waals surface area (Å²) in [6, 6.07) is 16.4. The molecule has 6 nitrogen and oxygen atoms in total. The van der Waals surface area contributed by atoms with Crippen molar-refractivity contribution >= 4 is 34.2 Å². The maximum absolute atomic E-state index is 13.1. The quantitative estimate of drug-likeness (QED) is 0.394. The molecule has 0 saturated carbocycles. The molecule has 3 aromatic rings. The predicted octanol–water partition coefficient (Wildman–Crippen LogP) is 3.53. The molecule has 1 atom stereocenters. The molecular formula is C21H18N4O2S. The summed E-state index contributed by atoms with van der Waals surface area (Å²) in [4.78, 5) is 30.0. The van der Waals surface area contributed by atoms with Crippen LogP contribution in [0.3, 0.4) is 0 Å². The van der Waals surface area contributed by atoms with Gasteiger partial charge in [-0.05, 0) is 38.1 Å². The van der Waals surface area contributed by atoms with E-state index in [0.29, 0.717) is 21.7 Å². The topological polar surface area (TPSA) is 99.6 Å². The first-order valence-electron chi connectivity index (χ1n) is 8.61. The van der Waals surface area contributed by atoms with Crippen LogP contribution in [0.25, 0.3) is 16.6 Å². The number of hydrogen-bond acceptors (Lipinski definition) is 6. The van der Waals surface area contributed by atoms with Crippen LogP contribution in [0.1, 0.15) is 12.5 Å². The Kier molecular flexibility index (Phi) is 5.71. The number of rotatable bonds is 6. The normalized spacial score (nSPS) is 11.8. The van der Waals surface area contributed by atoms with Gasteiger partial charge in [0.05, 0.1) is 28.4 Å². The van der Waals surface area contributed by atoms with Crippen molar-refractivity contribution in [3.05, 3.63) is 64.4 Å². The lowest BCUT2D eigenvalue weighted by atomic mass is 10.0. The molecule has 0 bridgehead atoms. The zero-order valence-electron chi connectivity index (χ0n) is 15.5. The van der Waals surface area contributed by atoms with Crippen molar-refractivity contribution in [3.63, 3.8) is 0 Å². The summed E-state index contributed by atoms with van der Waals surface area (Å²) in [5, 5.41) is 17.6. The second kappa shape index (κ2) is 8.19. The lowest BCUT2D eigenvalue weighted by Gasteiger charge is -2.14. The van der Waals surface area contributed by atoms with Gasteiger partial charge in [-0.15, -0.1) is 0 Å². The average molecular weight is 390 g/mol. The minimum atomic E-state index is -1.08. The van der Waals surface area contributed by atoms with E-state index in [2.05, 4.69) is 4.98 Å². The van der Waals surface area contributed by atoms with Gasteiger partial charge in [-0.3, -0.25) is 14.2 Å². The Labute approximate surface area is 166 Å². The lowest BCUT2D eigenvalue weighted by Crippen LogP contribution is -2.24. The van der Waals surface area contributed by atoms with E-state index in [0.717, 1.165) is 17.3 Å². The summed E-state index contributed by atoms with van der Waals surface area (Å²) in [6.45, 7) is 3.40. The van der Waals surface area contributed by atoms with Crippen LogP contribution in [0.15, 0.2) is 58.5 Å². The molecule has 2 aromatic carbocycles. The molecule has 0 aliphatic heterocycles. The Morgan fingerprint density at radius 2 is 1.93 bits per heavy atom. The maximum Gasteiger partial charge on any atom is 0.266 e. The number of fused-ring (bicyclic) bond motifs is 1. The molecule has 0 saturated heterocycles. The van der Waals surface area contributed by atoms with Crippen molar-refractivity contribution in [2.24, 2.45) is 5.92 Å². The van der Waals surface area contributed by atoms with Crippen molar-refractivity contribution in [2.45, 2.75) is 19.0 Å². The average Bonchev–Trinajstić information content (AvgIpc) is 2.68. The molecule has 0 aliphatic rings. The van der Waals surface area contributed by atoms with E-state index < -0.39 is 5.92 Å². The molecule has 0 aliphatic carbocycles. The molecular weight excluding hydrogens is 372 g/mol. The van der Waals surface area contributed by atoms with E-state index in [1.54, 1.807) is 24.3 Å². The van der Waals surface area contributed by atoms with Crippen LogP contribution in [-0.4, -0.2) is 26.8 Å². The Hall–Kier alpha value is -3.24. The molecule has 7 heteroatoms. The van der Waals surface area contributed by atoms with Gasteiger partial charge in [0.1, 0.15) is 5.92 Å². The highest BCUT2D eigenvalue weighted by Gasteiger charge is 2.22. The maximum atomic E-state index is 13.1. The minimum absolute atomic E-state index is 0.00972. The predicted molar refractivity (Wildman–Crippen MR) is 110 cm³/mol. The number of aromatic nitrogens is 2. The Bertz CT molecular complexity index is 1160. The molecule has 1 unspecified atom stereocenters. The summed E-state index contributed by atoms with van der Waals surface area (Å²) in [5.74, 6) is -1.50. The number of nitrogens with zero attached hydrogens (tertiary/aromatic N) is 3. The third-order valence-electron chi connectivity index (χ3n) is 4.26. The van der Waals surface area contributed by atoms with Crippen molar-refractivity contribution in [3.8, 4) is 11.8 Å². The number of carbonyl (C=O) groups excluding carboxylic acids is 1. The Balaban J connectivity index is 2.08. The fourth-order valence-corrected chi connectivity index (χ4v) is 3.68. The Morgan fingerprint density at radius 3 is 2.57 bits per heavy atom. The van der Waals surface area contributed by atoms with Gasteiger partial charge in [0.25, 0.3) is 5.56 Å². The number of Topliss-reactive ketones (excluding diaryl/α,β-unsaturated/α-hetero) is 1. The summed E-state index contributed by atoms with van der Waals surface area (Å²) in [6.07, 6.45) is 0. The van der Waals surface area contributed by atoms with E-state index in [1.807, 2.05) is 37.3 Å². The summed E-state index contributed by atoms with van der Waals surface area (Å²) in [5.41, 5.74) is 2.06. The number of carbonyl (C=O) groups is 1. The molecule has 0 fully saturated rings. The second-order valence-corrected chi connectivity index (χ2v) is 7.33. The molecule has 1 N–H and O–H groups in total. The van der Waals surface area contributed by atoms with Gasteiger partial charge in [-0.1, -0.05) is 41.6 Å². The summed E-state index contributed by atoms with van der Waals surface area (Å²) >= 11 is 1.10. The van der Waals surface area contributed by atoms with Crippen LogP contribution in [0.2, 0.25) is 0 Å². The largest absolute Gasteiger partial charge is 0.308 e. The number of ketones is 1. The first-order valence-corrected chi connectivity index (χ1v) is 9.60. The third-order valence-corrected chi connectivity index (χ3v) is 5.23. The van der Waals surface area contributed by atoms with Crippen LogP contribution in [-0.2, 0) is 4.79 Å². The van der Waals surface area contributed by atoms with Crippen molar-refractivity contribution in [1.82, 2.24) is 9.55 Å². The summed E-state index contributed by atoms with van der Waals surface area (Å²) < 4.78 is 1.48. The van der Waals surface area contributed by atoms with Crippen LogP contribution in [0, 0.1) is 29.6 Å². The fraction of sp³-hybridized carbons (Fsp3) is 0.190. The standard InChI is InChI=1S/C21H18N4O2S/c1-13-7-9-15(10-8-13)25-20(27)16-5-3-4-6-18(16)24-21(25)28-12-19(26)17(11-22)14(2)23/h3-10,17,23H,12H2,1-2H3. The van der Waals surface area contributed by atoms with Crippen LogP contribution in [0.5, 0.6) is 0 Å². The molecule has 0 radical (unpaired) electrons. The number of nitrogens with one attached hydrogen (secondary N) is 1. The highest BCUT2D eigenvalue weighted by molar-refractivity contribution is 7.99. The van der Waals surface area contributed by atoms with Gasteiger partial charge in [0.2, 0.25) is 0 Å². The SMILES string of the molecule is CC(=N)C(C#N)C(=O)CSc1nc2ccccc2c(=O)n1-c1ccc(C)cc1. The number of para-hydroxylation sites is 1. The van der Waals surface area contributed by atoms with Crippen molar-refractivity contribution in [2.75, 3.05) is 5.75 Å². The van der Waals surface area contributed by atoms with Gasteiger partial charge < -0.3 is 5.41 Å². The highest BCUT2D eigenvalue weighted by Crippen LogP contribution is 2.22. The minimum Gasteiger partial charge on any atom is -0.308 e. The molecule has 1 aromatic heterocycles. The second-order valence-electron chi connectivity index (χ2n) is 6.39. The summed E-state index contributed by atoms with van der Waals surface area (Å²) in [7, 11) is 0. The number of benzene rings is 2. The molecule has 3 rings (SSSR count). The van der Waals surface area contributed by atoms with Crippen LogP contribution in [0.4, 0.5) is 0 Å². The van der Waals surface area contributed by atoms with E-state index in [9.17, 15) is 9.59 Å². The molecule has 140 valence electrons. The highest BCUT2D eigenvalue weighted by atomic mass is 32.2. The van der Waals surface area contributed by atoms with Gasteiger partial charge >= 0.3 is 0 Å². The molecule has 28 heavy (non-hydrogen) atoms. The fourth-order valence-electron chi connectivity index (χ4n) is 2.76. The third kappa shape index (κ3) is 3.87. The van der Waals surface area contributed by atoms with Crippen molar-refractivity contribution in [1.29, 1.82) is 10.7 Å². The van der Waals surface area contributed by atoms with E-state index in [-0.39, 0.29) is 22.8 Å². The van der Waals surface area contributed by atoms with Gasteiger partial charge in [0, 0.05) is 5.71 Å². The van der Waals surface area contributed by atoms with Gasteiger partial charge in [-0.25, -0.2) is 4.98 Å². The zero-order chi connectivity index (χ0) is 20.3. The number of nitriles is 1. The first-order chi connectivity index (χ1) is 13.4. The van der Waals surface area contributed by atoms with E-state index >= 15 is 0 Å². The van der Waals surface area contributed by atoms with E-state index in [1.165, 1.54) is 11.5 Å². The zero-order valence-corrected chi connectivity index (χ0v) is 16.3. The monoisotopic (exact) mass is 390 g/mol. The van der Waals surface area contributed by atoms with Gasteiger partial charge in [0.15, 0.2) is 10.9 Å². The molecule has 0 amide bonds. The number of hydrogen-bond donors (Lipinski definition) is 1. The van der Waals surface area contributed by atoms with Crippen molar-refractivity contribution < 1.29 is 4.79 Å². The van der Waals surface area contributed by atoms with Crippen LogP contribution < -0.4 is 5.56 Å². The smallest absolute Gasteiger partial charge is 0.266 e. The molecule has 0 spiro atoms. The number of thioether (sulfide) groups is 1. The van der Waals surface area contributed by atoms with E-state index in [4.69, 9.17) is 10.7 Å². The first kappa shape index (κ1) is 19.5. The van der Waals surface area contributed by atoms with Gasteiger partial charge in [-0.2, -0.15) is 5.26 Å². The Morgan fingerprint density at radius 1 is 1.25 bits per heavy atom. The number of aryl methyl sites for hydroxylation is 1. The van der Waals surface area contributed by atoms with Crippen LogP contribution >= 0.6 is 11.8 Å².